The van der Waals surface area contributed by atoms with Crippen LogP contribution in [0.4, 0.5) is 8.78 Å². The zero-order valence-corrected chi connectivity index (χ0v) is 10.9. The Morgan fingerprint density at radius 1 is 1.24 bits per heavy atom. The van der Waals surface area contributed by atoms with E-state index in [9.17, 15) is 23.2 Å². The molecular formula is C13H14F2N2O4. The van der Waals surface area contributed by atoms with Crippen molar-refractivity contribution in [2.45, 2.75) is 25.3 Å². The van der Waals surface area contributed by atoms with E-state index < -0.39 is 41.9 Å². The molecule has 0 bridgehead atoms. The van der Waals surface area contributed by atoms with Crippen LogP contribution in [-0.4, -0.2) is 28.9 Å². The third kappa shape index (κ3) is 5.55. The fraction of sp³-hybridized carbons (Fsp3) is 0.308. The number of aliphatic carboxylic acids is 1. The topological polar surface area (TPSA) is 109 Å². The monoisotopic (exact) mass is 300 g/mol. The van der Waals surface area contributed by atoms with Gasteiger partial charge in [0.05, 0.1) is 6.42 Å². The van der Waals surface area contributed by atoms with Crippen molar-refractivity contribution in [1.29, 1.82) is 0 Å². The lowest BCUT2D eigenvalue weighted by molar-refractivity contribution is -0.143. The Kier molecular flexibility index (Phi) is 5.77. The number of benzene rings is 1. The quantitative estimate of drug-likeness (QED) is 0.674. The lowest BCUT2D eigenvalue weighted by Gasteiger charge is -2.12. The van der Waals surface area contributed by atoms with Gasteiger partial charge in [-0.15, -0.1) is 0 Å². The van der Waals surface area contributed by atoms with Crippen molar-refractivity contribution < 1.29 is 28.3 Å². The number of halogens is 2. The number of aryl methyl sites for hydroxylation is 1. The Hall–Kier alpha value is -2.51. The summed E-state index contributed by atoms with van der Waals surface area (Å²) in [5.74, 6) is -4.88. The summed E-state index contributed by atoms with van der Waals surface area (Å²) in [6.45, 7) is 0. The van der Waals surface area contributed by atoms with Crippen LogP contribution in [0.2, 0.25) is 0 Å². The van der Waals surface area contributed by atoms with Crippen LogP contribution >= 0.6 is 0 Å². The number of amides is 2. The number of rotatable bonds is 7. The van der Waals surface area contributed by atoms with Gasteiger partial charge in [-0.25, -0.2) is 13.6 Å². The van der Waals surface area contributed by atoms with E-state index in [0.29, 0.717) is 5.56 Å². The summed E-state index contributed by atoms with van der Waals surface area (Å²) in [6.07, 6.45) is -0.550. The number of carboxylic acid groups (broad SMARTS) is 1. The fourth-order valence-corrected chi connectivity index (χ4v) is 1.62. The molecule has 0 saturated heterocycles. The SMILES string of the molecule is NC(=O)C[C@H](NC(=O)CCc1ccc(F)c(F)c1)C(=O)O. The summed E-state index contributed by atoms with van der Waals surface area (Å²) < 4.78 is 25.7. The number of primary amides is 1. The van der Waals surface area contributed by atoms with E-state index in [0.717, 1.165) is 12.1 Å². The molecule has 0 heterocycles. The second kappa shape index (κ2) is 7.32. The van der Waals surface area contributed by atoms with Crippen molar-refractivity contribution in [3.05, 3.63) is 35.4 Å². The molecule has 0 aliphatic heterocycles. The molecule has 2 amide bonds. The van der Waals surface area contributed by atoms with Crippen LogP contribution in [0.3, 0.4) is 0 Å². The van der Waals surface area contributed by atoms with Crippen molar-refractivity contribution in [2.24, 2.45) is 5.73 Å². The Morgan fingerprint density at radius 2 is 1.90 bits per heavy atom. The van der Waals surface area contributed by atoms with Gasteiger partial charge in [-0.1, -0.05) is 6.07 Å². The molecule has 1 atom stereocenters. The van der Waals surface area contributed by atoms with E-state index in [1.54, 1.807) is 0 Å². The first-order valence-electron chi connectivity index (χ1n) is 6.04. The van der Waals surface area contributed by atoms with E-state index >= 15 is 0 Å². The first-order chi connectivity index (χ1) is 9.79. The van der Waals surface area contributed by atoms with Gasteiger partial charge in [0.2, 0.25) is 11.8 Å². The number of carboxylic acids is 1. The largest absolute Gasteiger partial charge is 0.480 e. The number of hydrogen-bond donors (Lipinski definition) is 3. The number of carbonyl (C=O) groups excluding carboxylic acids is 2. The predicted octanol–water partition coefficient (Wildman–Crippen LogP) is 0.342. The van der Waals surface area contributed by atoms with Gasteiger partial charge < -0.3 is 16.2 Å². The summed E-state index contributed by atoms with van der Waals surface area (Å²) in [6, 6.07) is 1.82. The lowest BCUT2D eigenvalue weighted by Crippen LogP contribution is -2.43. The zero-order chi connectivity index (χ0) is 16.0. The van der Waals surface area contributed by atoms with E-state index in [4.69, 9.17) is 10.8 Å². The number of nitrogens with two attached hydrogens (primary N) is 1. The van der Waals surface area contributed by atoms with E-state index in [1.807, 2.05) is 0 Å². The van der Waals surface area contributed by atoms with Crippen LogP contribution in [0.5, 0.6) is 0 Å². The minimum absolute atomic E-state index is 0.103. The van der Waals surface area contributed by atoms with Gasteiger partial charge in [0.15, 0.2) is 11.6 Å². The van der Waals surface area contributed by atoms with Gasteiger partial charge in [-0.05, 0) is 24.1 Å². The highest BCUT2D eigenvalue weighted by molar-refractivity contribution is 5.88. The van der Waals surface area contributed by atoms with Crippen LogP contribution in [0.15, 0.2) is 18.2 Å². The summed E-state index contributed by atoms with van der Waals surface area (Å²) in [5, 5.41) is 10.9. The molecule has 8 heteroatoms. The van der Waals surface area contributed by atoms with E-state index in [1.165, 1.54) is 6.07 Å². The number of hydrogen-bond acceptors (Lipinski definition) is 3. The zero-order valence-electron chi connectivity index (χ0n) is 10.9. The minimum Gasteiger partial charge on any atom is -0.480 e. The molecular weight excluding hydrogens is 286 g/mol. The third-order valence-electron chi connectivity index (χ3n) is 2.66. The third-order valence-corrected chi connectivity index (χ3v) is 2.66. The Balaban J connectivity index is 2.54. The Labute approximate surface area is 118 Å². The summed E-state index contributed by atoms with van der Waals surface area (Å²) in [4.78, 5) is 33.1. The molecule has 114 valence electrons. The normalized spacial score (nSPS) is 11.7. The summed E-state index contributed by atoms with van der Waals surface area (Å²) >= 11 is 0. The maximum absolute atomic E-state index is 13.0. The molecule has 21 heavy (non-hydrogen) atoms. The van der Waals surface area contributed by atoms with E-state index in [-0.39, 0.29) is 12.8 Å². The molecule has 6 nitrogen and oxygen atoms in total. The molecule has 4 N–H and O–H groups in total. The molecule has 0 spiro atoms. The first kappa shape index (κ1) is 16.5. The van der Waals surface area contributed by atoms with Crippen LogP contribution < -0.4 is 11.1 Å². The van der Waals surface area contributed by atoms with Crippen molar-refractivity contribution in [1.82, 2.24) is 5.32 Å². The summed E-state index contributed by atoms with van der Waals surface area (Å²) in [5.41, 5.74) is 5.27. The molecule has 1 aromatic carbocycles. The molecule has 0 radical (unpaired) electrons. The summed E-state index contributed by atoms with van der Waals surface area (Å²) in [7, 11) is 0. The standard InChI is InChI=1S/C13H14F2N2O4/c14-8-3-1-7(5-9(8)15)2-4-12(19)17-10(13(20)21)6-11(16)18/h1,3,5,10H,2,4,6H2,(H2,16,18)(H,17,19)(H,20,21)/t10-/m0/s1. The number of nitrogens with one attached hydrogen (secondary N) is 1. The smallest absolute Gasteiger partial charge is 0.326 e. The van der Waals surface area contributed by atoms with Gasteiger partial charge in [0.25, 0.3) is 0 Å². The van der Waals surface area contributed by atoms with Crippen LogP contribution in [-0.2, 0) is 20.8 Å². The average molecular weight is 300 g/mol. The van der Waals surface area contributed by atoms with Gasteiger partial charge in [0.1, 0.15) is 6.04 Å². The fourth-order valence-electron chi connectivity index (χ4n) is 1.62. The minimum atomic E-state index is -1.40. The van der Waals surface area contributed by atoms with Crippen LogP contribution in [0.25, 0.3) is 0 Å². The molecule has 0 aliphatic carbocycles. The van der Waals surface area contributed by atoms with Crippen molar-refractivity contribution in [3.8, 4) is 0 Å². The molecule has 1 aromatic rings. The molecule has 0 aromatic heterocycles. The van der Waals surface area contributed by atoms with Crippen LogP contribution in [0.1, 0.15) is 18.4 Å². The highest BCUT2D eigenvalue weighted by Gasteiger charge is 2.21. The van der Waals surface area contributed by atoms with Gasteiger partial charge in [-0.2, -0.15) is 0 Å². The van der Waals surface area contributed by atoms with Crippen molar-refractivity contribution in [3.63, 3.8) is 0 Å². The predicted molar refractivity (Wildman–Crippen MR) is 68.1 cm³/mol. The van der Waals surface area contributed by atoms with E-state index in [2.05, 4.69) is 5.32 Å². The molecule has 0 saturated carbocycles. The van der Waals surface area contributed by atoms with Gasteiger partial charge in [-0.3, -0.25) is 9.59 Å². The lowest BCUT2D eigenvalue weighted by atomic mass is 10.1. The molecule has 0 unspecified atom stereocenters. The Bertz CT molecular complexity index is 563. The molecule has 0 fully saturated rings. The van der Waals surface area contributed by atoms with Crippen molar-refractivity contribution in [2.75, 3.05) is 0 Å². The highest BCUT2D eigenvalue weighted by Crippen LogP contribution is 2.10. The van der Waals surface area contributed by atoms with Crippen LogP contribution in [0, 0.1) is 11.6 Å². The highest BCUT2D eigenvalue weighted by atomic mass is 19.2. The molecule has 0 aliphatic rings. The average Bonchev–Trinajstić information content (AvgIpc) is 2.38. The van der Waals surface area contributed by atoms with Crippen molar-refractivity contribution >= 4 is 17.8 Å². The first-order valence-corrected chi connectivity index (χ1v) is 6.04. The maximum atomic E-state index is 13.0. The second-order valence-corrected chi connectivity index (χ2v) is 4.38. The van der Waals surface area contributed by atoms with Gasteiger partial charge in [0, 0.05) is 6.42 Å². The van der Waals surface area contributed by atoms with Gasteiger partial charge >= 0.3 is 5.97 Å². The maximum Gasteiger partial charge on any atom is 0.326 e. The second-order valence-electron chi connectivity index (χ2n) is 4.38. The number of carbonyl (C=O) groups is 3. The molecule has 1 rings (SSSR count). The Morgan fingerprint density at radius 3 is 2.43 bits per heavy atom.